The molecule has 0 bridgehead atoms. The number of guanidine groups is 1. The molecular formula is C22H31IN4O. The zero-order valence-electron chi connectivity index (χ0n) is 16.7. The van der Waals surface area contributed by atoms with E-state index in [2.05, 4.69) is 58.7 Å². The summed E-state index contributed by atoms with van der Waals surface area (Å²) in [7, 11) is 0. The third-order valence-corrected chi connectivity index (χ3v) is 4.85. The summed E-state index contributed by atoms with van der Waals surface area (Å²) < 4.78 is 6.13. The van der Waals surface area contributed by atoms with Crippen molar-refractivity contribution in [3.8, 4) is 0 Å². The van der Waals surface area contributed by atoms with E-state index < -0.39 is 0 Å². The van der Waals surface area contributed by atoms with Crippen LogP contribution in [0.15, 0.2) is 53.7 Å². The van der Waals surface area contributed by atoms with Gasteiger partial charge in [-0.1, -0.05) is 35.9 Å². The van der Waals surface area contributed by atoms with Crippen molar-refractivity contribution in [2.75, 3.05) is 19.7 Å². The normalized spacial score (nSPS) is 19.6. The SMILES string of the molecule is CCNC(=NCc1ccccn1)NCC1CCCOC1c1ccc(C)cc1.I. The van der Waals surface area contributed by atoms with E-state index in [4.69, 9.17) is 4.74 Å². The maximum absolute atomic E-state index is 6.13. The highest BCUT2D eigenvalue weighted by atomic mass is 127. The lowest BCUT2D eigenvalue weighted by Crippen LogP contribution is -2.42. The average molecular weight is 494 g/mol. The van der Waals surface area contributed by atoms with E-state index in [1.54, 1.807) is 6.20 Å². The van der Waals surface area contributed by atoms with Crippen LogP contribution in [0.4, 0.5) is 0 Å². The summed E-state index contributed by atoms with van der Waals surface area (Å²) in [6.07, 6.45) is 4.21. The predicted octanol–water partition coefficient (Wildman–Crippen LogP) is 4.23. The molecule has 0 saturated carbocycles. The number of ether oxygens (including phenoxy) is 1. The number of halogens is 1. The van der Waals surface area contributed by atoms with Gasteiger partial charge < -0.3 is 15.4 Å². The zero-order valence-corrected chi connectivity index (χ0v) is 19.1. The fraction of sp³-hybridized carbons (Fsp3) is 0.455. The molecule has 0 spiro atoms. The number of nitrogens with zero attached hydrogens (tertiary/aromatic N) is 2. The Hall–Kier alpha value is -1.67. The molecule has 3 rings (SSSR count). The van der Waals surface area contributed by atoms with E-state index in [0.717, 1.165) is 44.2 Å². The van der Waals surface area contributed by atoms with E-state index in [9.17, 15) is 0 Å². The smallest absolute Gasteiger partial charge is 0.191 e. The van der Waals surface area contributed by atoms with Crippen LogP contribution in [-0.4, -0.2) is 30.6 Å². The van der Waals surface area contributed by atoms with E-state index in [1.807, 2.05) is 18.2 Å². The van der Waals surface area contributed by atoms with Gasteiger partial charge in [0.05, 0.1) is 18.3 Å². The van der Waals surface area contributed by atoms with Crippen molar-refractivity contribution in [2.24, 2.45) is 10.9 Å². The van der Waals surface area contributed by atoms with Crippen molar-refractivity contribution in [3.05, 3.63) is 65.5 Å². The molecule has 2 N–H and O–H groups in total. The summed E-state index contributed by atoms with van der Waals surface area (Å²) in [6.45, 7) is 7.27. The molecule has 1 aromatic heterocycles. The molecule has 2 unspecified atom stereocenters. The van der Waals surface area contributed by atoms with E-state index in [-0.39, 0.29) is 30.1 Å². The average Bonchev–Trinajstić information content (AvgIpc) is 2.72. The van der Waals surface area contributed by atoms with Gasteiger partial charge in [0.1, 0.15) is 0 Å². The van der Waals surface area contributed by atoms with Gasteiger partial charge in [0.25, 0.3) is 0 Å². The first-order chi connectivity index (χ1) is 13.3. The van der Waals surface area contributed by atoms with Gasteiger partial charge in [0.15, 0.2) is 5.96 Å². The summed E-state index contributed by atoms with van der Waals surface area (Å²) in [5.74, 6) is 1.26. The Morgan fingerprint density at radius 1 is 1.18 bits per heavy atom. The first kappa shape index (κ1) is 22.6. The van der Waals surface area contributed by atoms with Gasteiger partial charge >= 0.3 is 0 Å². The largest absolute Gasteiger partial charge is 0.373 e. The minimum absolute atomic E-state index is 0. The minimum Gasteiger partial charge on any atom is -0.373 e. The Balaban J connectivity index is 0.00000280. The van der Waals surface area contributed by atoms with Crippen molar-refractivity contribution < 1.29 is 4.74 Å². The van der Waals surface area contributed by atoms with Crippen LogP contribution in [-0.2, 0) is 11.3 Å². The molecule has 28 heavy (non-hydrogen) atoms. The van der Waals surface area contributed by atoms with Gasteiger partial charge in [0.2, 0.25) is 0 Å². The Labute approximate surface area is 185 Å². The monoisotopic (exact) mass is 494 g/mol. The Kier molecular flexibility index (Phi) is 9.70. The lowest BCUT2D eigenvalue weighted by atomic mass is 9.89. The molecule has 5 nitrogen and oxygen atoms in total. The van der Waals surface area contributed by atoms with Gasteiger partial charge in [0, 0.05) is 31.8 Å². The van der Waals surface area contributed by atoms with Crippen LogP contribution >= 0.6 is 24.0 Å². The highest BCUT2D eigenvalue weighted by Crippen LogP contribution is 2.33. The third-order valence-electron chi connectivity index (χ3n) is 4.85. The molecule has 2 heterocycles. The number of aliphatic imine (C=N–C) groups is 1. The third kappa shape index (κ3) is 6.74. The summed E-state index contributed by atoms with van der Waals surface area (Å²) in [4.78, 5) is 9.01. The fourth-order valence-electron chi connectivity index (χ4n) is 3.40. The van der Waals surface area contributed by atoms with Crippen molar-refractivity contribution in [1.82, 2.24) is 15.6 Å². The molecule has 1 saturated heterocycles. The van der Waals surface area contributed by atoms with Crippen molar-refractivity contribution in [3.63, 3.8) is 0 Å². The molecule has 1 fully saturated rings. The Morgan fingerprint density at radius 2 is 2.00 bits per heavy atom. The van der Waals surface area contributed by atoms with Crippen LogP contribution in [0, 0.1) is 12.8 Å². The quantitative estimate of drug-likeness (QED) is 0.359. The van der Waals surface area contributed by atoms with Crippen LogP contribution in [0.5, 0.6) is 0 Å². The molecule has 0 radical (unpaired) electrons. The Morgan fingerprint density at radius 3 is 2.71 bits per heavy atom. The molecule has 6 heteroatoms. The fourth-order valence-corrected chi connectivity index (χ4v) is 3.40. The summed E-state index contributed by atoms with van der Waals surface area (Å²) in [5.41, 5.74) is 3.51. The molecule has 0 amide bonds. The summed E-state index contributed by atoms with van der Waals surface area (Å²) in [6, 6.07) is 14.6. The van der Waals surface area contributed by atoms with Gasteiger partial charge in [-0.25, -0.2) is 4.99 Å². The first-order valence-corrected chi connectivity index (χ1v) is 9.86. The first-order valence-electron chi connectivity index (χ1n) is 9.86. The number of pyridine rings is 1. The van der Waals surface area contributed by atoms with Crippen molar-refractivity contribution >= 4 is 29.9 Å². The highest BCUT2D eigenvalue weighted by molar-refractivity contribution is 14.0. The molecule has 1 aliphatic rings. The van der Waals surface area contributed by atoms with Gasteiger partial charge in [-0.2, -0.15) is 0 Å². The highest BCUT2D eigenvalue weighted by Gasteiger charge is 2.27. The van der Waals surface area contributed by atoms with Crippen LogP contribution < -0.4 is 10.6 Å². The van der Waals surface area contributed by atoms with Crippen LogP contribution in [0.3, 0.4) is 0 Å². The van der Waals surface area contributed by atoms with Crippen LogP contribution in [0.25, 0.3) is 0 Å². The van der Waals surface area contributed by atoms with Crippen molar-refractivity contribution in [2.45, 2.75) is 39.3 Å². The lowest BCUT2D eigenvalue weighted by Gasteiger charge is -2.32. The van der Waals surface area contributed by atoms with Gasteiger partial charge in [-0.3, -0.25) is 4.98 Å². The second kappa shape index (κ2) is 12.0. The topological polar surface area (TPSA) is 58.5 Å². The van der Waals surface area contributed by atoms with Crippen LogP contribution in [0.2, 0.25) is 0 Å². The molecule has 2 aromatic rings. The number of hydrogen-bond acceptors (Lipinski definition) is 3. The number of aromatic nitrogens is 1. The van der Waals surface area contributed by atoms with Crippen LogP contribution in [0.1, 0.15) is 42.7 Å². The number of rotatable bonds is 6. The number of hydrogen-bond donors (Lipinski definition) is 2. The molecule has 1 aliphatic heterocycles. The number of nitrogens with one attached hydrogen (secondary N) is 2. The molecule has 2 atom stereocenters. The van der Waals surface area contributed by atoms with E-state index >= 15 is 0 Å². The van der Waals surface area contributed by atoms with Gasteiger partial charge in [-0.05, 0) is 44.4 Å². The second-order valence-corrected chi connectivity index (χ2v) is 7.00. The Bertz CT molecular complexity index is 721. The summed E-state index contributed by atoms with van der Waals surface area (Å²) in [5, 5.41) is 6.83. The molecular weight excluding hydrogens is 463 g/mol. The zero-order chi connectivity index (χ0) is 18.9. The van der Waals surface area contributed by atoms with E-state index in [1.165, 1.54) is 11.1 Å². The standard InChI is InChI=1S/C22H30N4O.HI/c1-3-23-22(26-16-20-8-4-5-13-24-20)25-15-19-7-6-14-27-21(19)18-11-9-17(2)10-12-18;/h4-5,8-13,19,21H,3,6-7,14-16H2,1-2H3,(H2,23,25,26);1H. The second-order valence-electron chi connectivity index (χ2n) is 7.00. The number of benzene rings is 1. The number of aryl methyl sites for hydroxylation is 1. The van der Waals surface area contributed by atoms with E-state index in [0.29, 0.717) is 12.5 Å². The molecule has 1 aromatic carbocycles. The minimum atomic E-state index is 0. The molecule has 0 aliphatic carbocycles. The molecule has 152 valence electrons. The predicted molar refractivity (Wildman–Crippen MR) is 125 cm³/mol. The van der Waals surface area contributed by atoms with Crippen molar-refractivity contribution in [1.29, 1.82) is 0 Å². The maximum atomic E-state index is 6.13. The lowest BCUT2D eigenvalue weighted by molar-refractivity contribution is -0.0265. The maximum Gasteiger partial charge on any atom is 0.191 e. The van der Waals surface area contributed by atoms with Gasteiger partial charge in [-0.15, -0.1) is 24.0 Å². The summed E-state index contributed by atoms with van der Waals surface area (Å²) >= 11 is 0.